The first-order valence-electron chi connectivity index (χ1n) is 26.5. The second kappa shape index (κ2) is 21.3. The molecule has 73 heavy (non-hydrogen) atoms. The molecule has 0 aromatic heterocycles. The smallest absolute Gasteiger partial charge is 0.308 e. The zero-order valence-corrected chi connectivity index (χ0v) is 42.4. The molecular formula is C51H80O22. The van der Waals surface area contributed by atoms with Gasteiger partial charge in [0, 0.05) is 18.3 Å². The molecule has 4 aliphatic carbocycles. The number of fused-ring (bicyclic) bond motifs is 7. The monoisotopic (exact) mass is 1040 g/mol. The zero-order valence-electron chi connectivity index (χ0n) is 42.4. The van der Waals surface area contributed by atoms with Gasteiger partial charge in [0.2, 0.25) is 0 Å². The van der Waals surface area contributed by atoms with Crippen molar-refractivity contribution in [2.75, 3.05) is 26.4 Å². The maximum absolute atomic E-state index is 12.5. The van der Waals surface area contributed by atoms with Crippen LogP contribution in [0.25, 0.3) is 0 Å². The van der Waals surface area contributed by atoms with Crippen LogP contribution in [0, 0.1) is 46.3 Å². The summed E-state index contributed by atoms with van der Waals surface area (Å²) in [7, 11) is 0. The van der Waals surface area contributed by atoms with Crippen LogP contribution in [0.4, 0.5) is 0 Å². The third-order valence-electron chi connectivity index (χ3n) is 19.1. The van der Waals surface area contributed by atoms with Crippen LogP contribution in [0.5, 0.6) is 0 Å². The van der Waals surface area contributed by atoms with Gasteiger partial charge < -0.3 is 98.8 Å². The summed E-state index contributed by atoms with van der Waals surface area (Å²) >= 11 is 0. The average molecular weight is 1050 g/mol. The molecule has 1 spiro atoms. The molecule has 0 radical (unpaired) electrons. The maximum Gasteiger partial charge on any atom is 0.308 e. The van der Waals surface area contributed by atoms with Gasteiger partial charge in [-0.2, -0.15) is 0 Å². The van der Waals surface area contributed by atoms with Gasteiger partial charge in [0.1, 0.15) is 67.1 Å². The third-order valence-corrected chi connectivity index (χ3v) is 19.1. The third kappa shape index (κ3) is 10.3. The van der Waals surface area contributed by atoms with E-state index in [1.54, 1.807) is 0 Å². The lowest BCUT2D eigenvalue weighted by Gasteiger charge is -2.59. The van der Waals surface area contributed by atoms with Crippen molar-refractivity contribution in [2.45, 2.75) is 221 Å². The van der Waals surface area contributed by atoms with E-state index in [4.69, 9.17) is 47.7 Å². The number of hydrogen-bond acceptors (Lipinski definition) is 21. The van der Waals surface area contributed by atoms with E-state index in [1.165, 1.54) is 19.4 Å². The molecule has 8 fully saturated rings. The Balaban J connectivity index is 0.851. The fourth-order valence-corrected chi connectivity index (χ4v) is 15.1. The number of carbonyl (C=O) groups is 2. The Hall–Kier alpha value is -2.04. The van der Waals surface area contributed by atoms with Gasteiger partial charge in [-0.15, -0.1) is 0 Å². The summed E-state index contributed by atoms with van der Waals surface area (Å²) in [5.41, 5.74) is -0.524. The van der Waals surface area contributed by atoms with Gasteiger partial charge >= 0.3 is 11.9 Å². The van der Waals surface area contributed by atoms with Crippen LogP contribution in [0.3, 0.4) is 0 Å². The van der Waals surface area contributed by atoms with Crippen molar-refractivity contribution in [3.63, 3.8) is 0 Å². The van der Waals surface area contributed by atoms with E-state index < -0.39 is 148 Å². The minimum absolute atomic E-state index is 0.0305. The fourth-order valence-electron chi connectivity index (χ4n) is 15.1. The van der Waals surface area contributed by atoms with E-state index in [2.05, 4.69) is 26.8 Å². The van der Waals surface area contributed by atoms with Gasteiger partial charge in [-0.05, 0) is 99.7 Å². The van der Waals surface area contributed by atoms with Crippen LogP contribution in [-0.2, 0) is 52.2 Å². The Kier molecular flexibility index (Phi) is 16.3. The molecule has 416 valence electrons. The minimum Gasteiger partial charge on any atom is -0.481 e. The molecule has 11 N–H and O–H groups in total. The Bertz CT molecular complexity index is 1980. The molecule has 5 heterocycles. The number of carbonyl (C=O) groups excluding carboxylic acids is 1. The molecule has 3 saturated carbocycles. The Morgan fingerprint density at radius 1 is 0.753 bits per heavy atom. The van der Waals surface area contributed by atoms with Crippen LogP contribution < -0.4 is 0 Å². The molecule has 5 aliphatic heterocycles. The SMILES string of the molecule is C[C@@H]1O[C@@H](O[C@H]2[C@H](O[C@H]3CC[C@@]4(C)C(=CC[C@@H]5[C@H]4CC[C@]4(C)[C@@H]6[C@H](C[C@@H]54)O[C@]4(CC[C@@H](COC(=O)C[C@@](C)(O)CC(=O)O)CO4)[C@H]6C)C3)O[C@H](CO)[C@@H](O[C@@H]3O[C@H](CO)[C@@H](O)[C@H](O)[C@H]3O)[C@@H]2O)[C@H](O)[C@H](O)[C@H]1O. The van der Waals surface area contributed by atoms with E-state index in [9.17, 15) is 60.7 Å². The van der Waals surface area contributed by atoms with Crippen LogP contribution in [-0.4, -0.2) is 210 Å². The predicted octanol–water partition coefficient (Wildman–Crippen LogP) is -0.647. The van der Waals surface area contributed by atoms with Crippen LogP contribution in [0.2, 0.25) is 0 Å². The molecule has 0 bridgehead atoms. The first-order chi connectivity index (χ1) is 34.4. The molecule has 0 unspecified atom stereocenters. The summed E-state index contributed by atoms with van der Waals surface area (Å²) in [6, 6.07) is 0. The zero-order chi connectivity index (χ0) is 52.7. The van der Waals surface area contributed by atoms with Crippen molar-refractivity contribution in [3.8, 4) is 0 Å². The largest absolute Gasteiger partial charge is 0.481 e. The topological polar surface area (TPSA) is 340 Å². The van der Waals surface area contributed by atoms with E-state index in [0.717, 1.165) is 38.5 Å². The highest BCUT2D eigenvalue weighted by molar-refractivity contribution is 5.73. The van der Waals surface area contributed by atoms with Crippen molar-refractivity contribution in [2.24, 2.45) is 46.3 Å². The van der Waals surface area contributed by atoms with E-state index >= 15 is 0 Å². The number of aliphatic carboxylic acids is 1. The molecule has 0 aromatic carbocycles. The van der Waals surface area contributed by atoms with Crippen molar-refractivity contribution in [3.05, 3.63) is 11.6 Å². The Morgan fingerprint density at radius 3 is 2.10 bits per heavy atom. The highest BCUT2D eigenvalue weighted by Crippen LogP contribution is 2.71. The van der Waals surface area contributed by atoms with Crippen LogP contribution in [0.1, 0.15) is 105 Å². The lowest BCUT2D eigenvalue weighted by atomic mass is 9.47. The molecule has 9 rings (SSSR count). The number of carboxylic acids is 1. The normalized spacial score (nSPS) is 51.5. The first kappa shape index (κ1) is 55.7. The van der Waals surface area contributed by atoms with Gasteiger partial charge in [-0.1, -0.05) is 32.4 Å². The molecule has 22 nitrogen and oxygen atoms in total. The second-order valence-corrected chi connectivity index (χ2v) is 23.8. The highest BCUT2D eigenvalue weighted by atomic mass is 16.8. The molecule has 22 heteroatoms. The predicted molar refractivity (Wildman–Crippen MR) is 247 cm³/mol. The lowest BCUT2D eigenvalue weighted by molar-refractivity contribution is -0.389. The standard InChI is InChI=1S/C51H80O22/c1-22-35-30(73-51(22)13-8-24(21-66-51)20-65-34(56)17-48(3,64)16-33(54)55)15-29-27-7-6-25-14-26(9-11-49(25,4)28(27)10-12-50(29,35)5)68-47-44(72-45-40(61)38(59)36(57)23(2)67-45)42(63)43(32(19-53)70-47)71-46-41(62)39(60)37(58)31(18-52)69-46/h6,22-24,26-32,35-47,52-53,57-64H,7-21H2,1-5H3,(H,54,55)/t22-,23-,24-,26-,27+,28+,29-,30-,31+,32+,35-,36-,37+,38+,39-,40+,41+,42-,43+,44+,45-,46-,47+,48-,49-,50-,51+/m0/s1. The first-order valence-corrected chi connectivity index (χ1v) is 26.5. The maximum atomic E-state index is 12.5. The number of hydrogen-bond donors (Lipinski definition) is 11. The van der Waals surface area contributed by atoms with Gasteiger partial charge in [0.25, 0.3) is 0 Å². The number of aliphatic hydroxyl groups excluding tert-OH is 9. The Morgan fingerprint density at radius 2 is 1.42 bits per heavy atom. The Labute approximate surface area is 424 Å². The summed E-state index contributed by atoms with van der Waals surface area (Å²) < 4.78 is 55.5. The van der Waals surface area contributed by atoms with E-state index in [0.29, 0.717) is 49.5 Å². The van der Waals surface area contributed by atoms with Crippen LogP contribution in [0.15, 0.2) is 11.6 Å². The number of carboxylic acid groups (broad SMARTS) is 1. The van der Waals surface area contributed by atoms with Gasteiger partial charge in [-0.25, -0.2) is 0 Å². The number of aliphatic hydroxyl groups is 10. The molecule has 27 atom stereocenters. The average Bonchev–Trinajstić information content (AvgIpc) is 3.79. The van der Waals surface area contributed by atoms with Gasteiger partial charge in [0.15, 0.2) is 24.7 Å². The number of esters is 1. The van der Waals surface area contributed by atoms with E-state index in [1.807, 2.05) is 0 Å². The molecule has 0 amide bonds. The highest BCUT2D eigenvalue weighted by Gasteiger charge is 2.69. The minimum atomic E-state index is -1.85. The molecule has 5 saturated heterocycles. The number of allylic oxidation sites excluding steroid dienone is 1. The second-order valence-electron chi connectivity index (χ2n) is 23.8. The van der Waals surface area contributed by atoms with Crippen molar-refractivity contribution in [1.29, 1.82) is 0 Å². The van der Waals surface area contributed by atoms with Gasteiger partial charge in [-0.3, -0.25) is 9.59 Å². The molecule has 9 aliphatic rings. The summed E-state index contributed by atoms with van der Waals surface area (Å²) in [5.74, 6) is -0.908. The number of rotatable bonds is 14. The summed E-state index contributed by atoms with van der Waals surface area (Å²) in [5, 5.41) is 115. The van der Waals surface area contributed by atoms with Gasteiger partial charge in [0.05, 0.1) is 63.2 Å². The van der Waals surface area contributed by atoms with E-state index in [-0.39, 0.29) is 35.4 Å². The molecule has 0 aromatic rings. The van der Waals surface area contributed by atoms with Crippen LogP contribution >= 0.6 is 0 Å². The van der Waals surface area contributed by atoms with Crippen molar-refractivity contribution in [1.82, 2.24) is 0 Å². The van der Waals surface area contributed by atoms with Crippen molar-refractivity contribution < 1.29 is 108 Å². The van der Waals surface area contributed by atoms with Crippen molar-refractivity contribution >= 4 is 11.9 Å². The summed E-state index contributed by atoms with van der Waals surface area (Å²) in [6.07, 6.45) is -15.2. The summed E-state index contributed by atoms with van der Waals surface area (Å²) in [4.78, 5) is 23.5. The number of ether oxygens (including phenoxy) is 9. The molecular weight excluding hydrogens is 965 g/mol. The quantitative estimate of drug-likeness (QED) is 0.0761. The fraction of sp³-hybridized carbons (Fsp3) is 0.922. The lowest BCUT2D eigenvalue weighted by Crippen LogP contribution is -2.67. The summed E-state index contributed by atoms with van der Waals surface area (Å²) in [6.45, 7) is 8.86.